The van der Waals surface area contributed by atoms with E-state index in [-0.39, 0.29) is 17.7 Å². The number of aromatic nitrogens is 1. The quantitative estimate of drug-likeness (QED) is 0.795. The Bertz CT molecular complexity index is 837. The zero-order valence-corrected chi connectivity index (χ0v) is 15.4. The highest BCUT2D eigenvalue weighted by Gasteiger charge is 2.39. The standard InChI is InChI=1S/C20H21N3O2S/c1-12(24)14-8-17(11-21-10-14)26-16-5-2-13(3-6-16)20(25)23-19-9-15-4-7-18(19)22-15/h2-3,5-6,8,10-11,15,18-19,22H,4,7,9H2,1H3,(H,23,25)/t15-,18+,19-/m1/s1. The van der Waals surface area contributed by atoms with Crippen LogP contribution in [0, 0.1) is 0 Å². The minimum Gasteiger partial charge on any atom is -0.348 e. The third-order valence-corrected chi connectivity index (χ3v) is 6.06. The van der Waals surface area contributed by atoms with Crippen LogP contribution in [0.4, 0.5) is 0 Å². The lowest BCUT2D eigenvalue weighted by molar-refractivity contribution is 0.0930. The number of nitrogens with one attached hydrogen (secondary N) is 2. The Morgan fingerprint density at radius 1 is 1.12 bits per heavy atom. The molecule has 3 atom stereocenters. The molecule has 1 aromatic heterocycles. The SMILES string of the molecule is CC(=O)c1cncc(Sc2ccc(C(=O)N[C@@H]3C[C@H]4CC[C@@H]3N4)cc2)c1. The number of amides is 1. The molecule has 134 valence electrons. The molecule has 0 spiro atoms. The number of fused-ring (bicyclic) bond motifs is 2. The van der Waals surface area contributed by atoms with E-state index in [1.807, 2.05) is 30.3 Å². The Hall–Kier alpha value is -2.18. The van der Waals surface area contributed by atoms with E-state index in [1.54, 1.807) is 12.4 Å². The number of nitrogens with zero attached hydrogens (tertiary/aromatic N) is 1. The van der Waals surface area contributed by atoms with Gasteiger partial charge in [-0.2, -0.15) is 0 Å². The molecule has 2 N–H and O–H groups in total. The summed E-state index contributed by atoms with van der Waals surface area (Å²) >= 11 is 1.53. The van der Waals surface area contributed by atoms with Gasteiger partial charge in [0.2, 0.25) is 0 Å². The average molecular weight is 367 g/mol. The summed E-state index contributed by atoms with van der Waals surface area (Å²) in [7, 11) is 0. The van der Waals surface area contributed by atoms with Crippen LogP contribution < -0.4 is 10.6 Å². The summed E-state index contributed by atoms with van der Waals surface area (Å²) in [5, 5.41) is 6.70. The fourth-order valence-corrected chi connectivity index (χ4v) is 4.56. The molecule has 2 aliphatic rings. The largest absolute Gasteiger partial charge is 0.348 e. The third kappa shape index (κ3) is 3.66. The summed E-state index contributed by atoms with van der Waals surface area (Å²) in [6.07, 6.45) is 6.72. The average Bonchev–Trinajstić information content (AvgIpc) is 3.25. The number of hydrogen-bond acceptors (Lipinski definition) is 5. The molecule has 2 saturated heterocycles. The molecule has 0 unspecified atom stereocenters. The number of carbonyl (C=O) groups excluding carboxylic acids is 2. The Kier molecular flexibility index (Phi) is 4.78. The van der Waals surface area contributed by atoms with Gasteiger partial charge in [-0.05, 0) is 56.5 Å². The first-order chi connectivity index (χ1) is 12.6. The molecule has 0 radical (unpaired) electrons. The van der Waals surface area contributed by atoms with Crippen LogP contribution in [-0.2, 0) is 0 Å². The first kappa shape index (κ1) is 17.2. The molecule has 4 rings (SSSR count). The first-order valence-electron chi connectivity index (χ1n) is 8.89. The molecule has 1 aromatic carbocycles. The highest BCUT2D eigenvalue weighted by molar-refractivity contribution is 7.99. The molecule has 6 heteroatoms. The Balaban J connectivity index is 1.39. The lowest BCUT2D eigenvalue weighted by Gasteiger charge is -2.21. The van der Waals surface area contributed by atoms with Gasteiger partial charge in [0, 0.05) is 51.4 Å². The van der Waals surface area contributed by atoms with Gasteiger partial charge in [-0.25, -0.2) is 0 Å². The molecule has 5 nitrogen and oxygen atoms in total. The minimum atomic E-state index is -0.0128. The van der Waals surface area contributed by atoms with E-state index in [0.29, 0.717) is 23.2 Å². The van der Waals surface area contributed by atoms with Crippen LogP contribution in [-0.4, -0.2) is 34.8 Å². The summed E-state index contributed by atoms with van der Waals surface area (Å²) in [5.74, 6) is -0.0109. The van der Waals surface area contributed by atoms with Gasteiger partial charge >= 0.3 is 0 Å². The van der Waals surface area contributed by atoms with Crippen LogP contribution in [0.2, 0.25) is 0 Å². The van der Waals surface area contributed by atoms with E-state index < -0.39 is 0 Å². The van der Waals surface area contributed by atoms with Crippen molar-refractivity contribution in [1.82, 2.24) is 15.6 Å². The van der Waals surface area contributed by atoms with Gasteiger partial charge in [0.25, 0.3) is 5.91 Å². The van der Waals surface area contributed by atoms with Crippen LogP contribution in [0.15, 0.2) is 52.5 Å². The number of rotatable bonds is 5. The molecule has 1 amide bonds. The Morgan fingerprint density at radius 2 is 1.92 bits per heavy atom. The van der Waals surface area contributed by atoms with E-state index in [4.69, 9.17) is 0 Å². The van der Waals surface area contributed by atoms with Crippen molar-refractivity contribution in [2.75, 3.05) is 0 Å². The number of hydrogen-bond donors (Lipinski definition) is 2. The summed E-state index contributed by atoms with van der Waals surface area (Å²) in [4.78, 5) is 30.0. The van der Waals surface area contributed by atoms with Gasteiger partial charge in [-0.3, -0.25) is 14.6 Å². The van der Waals surface area contributed by atoms with E-state index in [0.717, 1.165) is 22.6 Å². The second kappa shape index (κ2) is 7.21. The van der Waals surface area contributed by atoms with E-state index in [2.05, 4.69) is 15.6 Å². The summed E-state index contributed by atoms with van der Waals surface area (Å²) in [6, 6.07) is 10.6. The number of Topliss-reactive ketones (excluding diaryl/α,β-unsaturated/α-hetero) is 1. The molecule has 2 fully saturated rings. The fraction of sp³-hybridized carbons (Fsp3) is 0.350. The highest BCUT2D eigenvalue weighted by Crippen LogP contribution is 2.29. The van der Waals surface area contributed by atoms with Crippen molar-refractivity contribution in [3.8, 4) is 0 Å². The predicted molar refractivity (Wildman–Crippen MR) is 101 cm³/mol. The maximum atomic E-state index is 12.5. The van der Waals surface area contributed by atoms with Gasteiger partial charge in [-0.1, -0.05) is 11.8 Å². The maximum absolute atomic E-state index is 12.5. The zero-order chi connectivity index (χ0) is 18.1. The smallest absolute Gasteiger partial charge is 0.251 e. The molecule has 0 aliphatic carbocycles. The van der Waals surface area contributed by atoms with Crippen LogP contribution >= 0.6 is 11.8 Å². The summed E-state index contributed by atoms with van der Waals surface area (Å²) in [5.41, 5.74) is 1.28. The van der Waals surface area contributed by atoms with Crippen LogP contribution in [0.1, 0.15) is 46.9 Å². The lowest BCUT2D eigenvalue weighted by atomic mass is 9.95. The van der Waals surface area contributed by atoms with Gasteiger partial charge in [0.05, 0.1) is 0 Å². The third-order valence-electron chi connectivity index (χ3n) is 5.09. The molecular formula is C20H21N3O2S. The summed E-state index contributed by atoms with van der Waals surface area (Å²) in [6.45, 7) is 1.53. The number of carbonyl (C=O) groups is 2. The monoisotopic (exact) mass is 367 g/mol. The highest BCUT2D eigenvalue weighted by atomic mass is 32.2. The second-order valence-corrected chi connectivity index (χ2v) is 8.10. The van der Waals surface area contributed by atoms with Gasteiger partial charge in [0.1, 0.15) is 0 Å². The van der Waals surface area contributed by atoms with Crippen molar-refractivity contribution in [3.63, 3.8) is 0 Å². The van der Waals surface area contributed by atoms with Crippen LogP contribution in [0.3, 0.4) is 0 Å². The van der Waals surface area contributed by atoms with Crippen LogP contribution in [0.25, 0.3) is 0 Å². The fourth-order valence-electron chi connectivity index (χ4n) is 3.71. The van der Waals surface area contributed by atoms with Crippen molar-refractivity contribution in [2.45, 2.75) is 54.1 Å². The Morgan fingerprint density at radius 3 is 2.58 bits per heavy atom. The predicted octanol–water partition coefficient (Wildman–Crippen LogP) is 3.06. The van der Waals surface area contributed by atoms with Crippen LogP contribution in [0.5, 0.6) is 0 Å². The number of pyridine rings is 1. The molecule has 0 saturated carbocycles. The second-order valence-electron chi connectivity index (χ2n) is 6.96. The molecular weight excluding hydrogens is 346 g/mol. The van der Waals surface area contributed by atoms with Crippen molar-refractivity contribution in [3.05, 3.63) is 53.9 Å². The van der Waals surface area contributed by atoms with Crippen molar-refractivity contribution < 1.29 is 9.59 Å². The Labute approximate surface area is 157 Å². The lowest BCUT2D eigenvalue weighted by Crippen LogP contribution is -2.42. The maximum Gasteiger partial charge on any atom is 0.251 e. The molecule has 26 heavy (non-hydrogen) atoms. The van der Waals surface area contributed by atoms with Crippen molar-refractivity contribution in [2.24, 2.45) is 0 Å². The van der Waals surface area contributed by atoms with Gasteiger partial charge < -0.3 is 10.6 Å². The van der Waals surface area contributed by atoms with Gasteiger partial charge in [0.15, 0.2) is 5.78 Å². The topological polar surface area (TPSA) is 71.1 Å². The molecule has 2 aromatic rings. The van der Waals surface area contributed by atoms with Gasteiger partial charge in [-0.15, -0.1) is 0 Å². The molecule has 2 aliphatic heterocycles. The molecule has 3 heterocycles. The van der Waals surface area contributed by atoms with E-state index >= 15 is 0 Å². The number of ketones is 1. The van der Waals surface area contributed by atoms with E-state index in [9.17, 15) is 9.59 Å². The minimum absolute atomic E-state index is 0.00192. The first-order valence-corrected chi connectivity index (χ1v) is 9.71. The van der Waals surface area contributed by atoms with Crippen molar-refractivity contribution >= 4 is 23.5 Å². The summed E-state index contributed by atoms with van der Waals surface area (Å²) < 4.78 is 0. The normalized spacial score (nSPS) is 23.8. The van der Waals surface area contributed by atoms with Crippen molar-refractivity contribution in [1.29, 1.82) is 0 Å². The molecule has 2 bridgehead atoms. The number of benzene rings is 1. The zero-order valence-electron chi connectivity index (χ0n) is 14.6. The van der Waals surface area contributed by atoms with E-state index in [1.165, 1.54) is 25.1 Å².